The van der Waals surface area contributed by atoms with Crippen LogP contribution in [0, 0.1) is 5.82 Å². The average Bonchev–Trinajstić information content (AvgIpc) is 3.89. The van der Waals surface area contributed by atoms with Gasteiger partial charge in [-0.3, -0.25) is 14.6 Å². The number of fused-ring (bicyclic) bond motifs is 1. The molecule has 3 atom stereocenters. The van der Waals surface area contributed by atoms with Gasteiger partial charge >= 0.3 is 6.18 Å². The second-order valence-electron chi connectivity index (χ2n) is 12.3. The summed E-state index contributed by atoms with van der Waals surface area (Å²) in [6.45, 7) is 1.96. The van der Waals surface area contributed by atoms with Crippen molar-refractivity contribution in [2.45, 2.75) is 69.4 Å². The molecule has 2 heterocycles. The van der Waals surface area contributed by atoms with Crippen molar-refractivity contribution in [3.63, 3.8) is 0 Å². The highest BCUT2D eigenvalue weighted by atomic mass is 35.5. The van der Waals surface area contributed by atoms with Crippen molar-refractivity contribution in [3.05, 3.63) is 93.2 Å². The molecule has 0 spiro atoms. The number of ether oxygens (including phenoxy) is 2. The number of rotatable bonds is 10. The summed E-state index contributed by atoms with van der Waals surface area (Å²) in [7, 11) is 0. The summed E-state index contributed by atoms with van der Waals surface area (Å²) >= 11 is 12.2. The molecular formula is C35H33Cl2F4N3O4. The van der Waals surface area contributed by atoms with E-state index in [9.17, 15) is 27.2 Å². The molecule has 2 amide bonds. The van der Waals surface area contributed by atoms with Gasteiger partial charge in [0.2, 0.25) is 5.91 Å². The van der Waals surface area contributed by atoms with Crippen molar-refractivity contribution < 1.29 is 36.6 Å². The molecule has 0 saturated heterocycles. The first-order valence-electron chi connectivity index (χ1n) is 15.7. The van der Waals surface area contributed by atoms with Gasteiger partial charge in [-0.2, -0.15) is 13.2 Å². The van der Waals surface area contributed by atoms with Crippen LogP contribution < -0.4 is 9.47 Å². The van der Waals surface area contributed by atoms with E-state index in [-0.39, 0.29) is 67.4 Å². The van der Waals surface area contributed by atoms with Crippen molar-refractivity contribution in [2.75, 3.05) is 19.8 Å². The first-order chi connectivity index (χ1) is 22.9. The van der Waals surface area contributed by atoms with Crippen molar-refractivity contribution in [2.24, 2.45) is 4.99 Å². The molecule has 1 saturated carbocycles. The van der Waals surface area contributed by atoms with Crippen LogP contribution >= 0.6 is 23.2 Å². The van der Waals surface area contributed by atoms with Crippen molar-refractivity contribution >= 4 is 40.7 Å². The minimum Gasteiger partial charge on any atom is -0.490 e. The first kappa shape index (κ1) is 34.0. The van der Waals surface area contributed by atoms with Gasteiger partial charge in [0.1, 0.15) is 36.6 Å². The van der Waals surface area contributed by atoms with Crippen LogP contribution in [0.25, 0.3) is 0 Å². The van der Waals surface area contributed by atoms with Gasteiger partial charge in [0.05, 0.1) is 21.7 Å². The van der Waals surface area contributed by atoms with Gasteiger partial charge in [0, 0.05) is 37.8 Å². The predicted molar refractivity (Wildman–Crippen MR) is 173 cm³/mol. The van der Waals surface area contributed by atoms with Gasteiger partial charge < -0.3 is 19.3 Å². The number of alkyl halides is 3. The number of aliphatic imine (C=N–C) groups is 1. The number of carbonyl (C=O) groups is 2. The molecule has 48 heavy (non-hydrogen) atoms. The van der Waals surface area contributed by atoms with E-state index in [0.717, 1.165) is 11.6 Å². The minimum absolute atomic E-state index is 0.0340. The standard InChI is InChI=1S/C35H33Cl2F4N3O4/c1-20(45)43-19-25-15-23(21-5-10-27(11-6-21)47-13-14-48-31-17-24(38)7-12-29(31)36)16-30(42-25)33(43)34(46)44(26-8-9-26)18-22-3-2-4-28(32(22)37)35(39,40)41/h2-7,10-12,17,23,25-26,33H,8-9,13-16,18-19H2,1H3/t23?,25-,33?/m1/s1. The third kappa shape index (κ3) is 7.57. The molecule has 2 aliphatic heterocycles. The van der Waals surface area contributed by atoms with Crippen molar-refractivity contribution in [3.8, 4) is 11.5 Å². The molecule has 3 aromatic carbocycles. The van der Waals surface area contributed by atoms with Crippen LogP contribution in [0.1, 0.15) is 55.2 Å². The van der Waals surface area contributed by atoms with Crippen LogP contribution in [0.4, 0.5) is 17.6 Å². The summed E-state index contributed by atoms with van der Waals surface area (Å²) in [6.07, 6.45) is -2.07. The Balaban J connectivity index is 1.14. The lowest BCUT2D eigenvalue weighted by molar-refractivity contribution is -0.143. The van der Waals surface area contributed by atoms with E-state index in [2.05, 4.69) is 0 Å². The van der Waals surface area contributed by atoms with Crippen LogP contribution in [0.2, 0.25) is 10.0 Å². The maximum Gasteiger partial charge on any atom is 0.417 e. The molecule has 0 aromatic heterocycles. The molecule has 13 heteroatoms. The Morgan fingerprint density at radius 3 is 2.44 bits per heavy atom. The molecule has 6 rings (SSSR count). The third-order valence-electron chi connectivity index (χ3n) is 8.88. The van der Waals surface area contributed by atoms with Crippen LogP contribution in [0.15, 0.2) is 65.7 Å². The van der Waals surface area contributed by atoms with Crippen LogP contribution in [0.5, 0.6) is 11.5 Å². The summed E-state index contributed by atoms with van der Waals surface area (Å²) in [5.74, 6) is -0.182. The largest absolute Gasteiger partial charge is 0.490 e. The maximum absolute atomic E-state index is 14.3. The Morgan fingerprint density at radius 2 is 1.75 bits per heavy atom. The summed E-state index contributed by atoms with van der Waals surface area (Å²) in [6, 6.07) is 13.9. The number of amides is 2. The third-order valence-corrected chi connectivity index (χ3v) is 9.64. The quantitative estimate of drug-likeness (QED) is 0.160. The normalized spacial score (nSPS) is 20.6. The summed E-state index contributed by atoms with van der Waals surface area (Å²) in [5, 5.41) is -0.125. The summed E-state index contributed by atoms with van der Waals surface area (Å²) < 4.78 is 65.5. The summed E-state index contributed by atoms with van der Waals surface area (Å²) in [5.41, 5.74) is 0.871. The lowest BCUT2D eigenvalue weighted by atomic mass is 9.80. The zero-order chi connectivity index (χ0) is 34.2. The van der Waals surface area contributed by atoms with E-state index in [4.69, 9.17) is 37.7 Å². The number of hydrogen-bond acceptors (Lipinski definition) is 5. The second kappa shape index (κ2) is 14.0. The van der Waals surface area contributed by atoms with Gasteiger partial charge in [-0.25, -0.2) is 4.39 Å². The molecule has 0 radical (unpaired) electrons. The molecule has 2 bridgehead atoms. The SMILES string of the molecule is CC(=O)N1C[C@H]2CC(c3ccc(OCCOc4cc(F)ccc4Cl)cc3)CC(=N2)C1C(=O)N(Cc1cccc(C(F)(F)F)c1Cl)C1CC1. The van der Waals surface area contributed by atoms with Crippen molar-refractivity contribution in [1.29, 1.82) is 0 Å². The van der Waals surface area contributed by atoms with E-state index in [1.165, 1.54) is 37.3 Å². The van der Waals surface area contributed by atoms with E-state index < -0.39 is 28.6 Å². The number of carbonyl (C=O) groups excluding carboxylic acids is 2. The highest BCUT2D eigenvalue weighted by Crippen LogP contribution is 2.40. The molecule has 7 nitrogen and oxygen atoms in total. The molecule has 2 unspecified atom stereocenters. The van der Waals surface area contributed by atoms with Crippen LogP contribution in [-0.4, -0.2) is 65.2 Å². The number of hydrogen-bond donors (Lipinski definition) is 0. The zero-order valence-electron chi connectivity index (χ0n) is 26.0. The Hall–Kier alpha value is -3.83. The zero-order valence-corrected chi connectivity index (χ0v) is 27.5. The smallest absolute Gasteiger partial charge is 0.417 e. The maximum atomic E-state index is 14.3. The monoisotopic (exact) mass is 705 g/mol. The summed E-state index contributed by atoms with van der Waals surface area (Å²) in [4.78, 5) is 35.1. The van der Waals surface area contributed by atoms with Gasteiger partial charge in [-0.1, -0.05) is 47.5 Å². The first-order valence-corrected chi connectivity index (χ1v) is 16.4. The van der Waals surface area contributed by atoms with Gasteiger partial charge in [-0.15, -0.1) is 0 Å². The highest BCUT2D eigenvalue weighted by molar-refractivity contribution is 6.32. The number of halogens is 6. The van der Waals surface area contributed by atoms with Gasteiger partial charge in [-0.05, 0) is 73.1 Å². The van der Waals surface area contributed by atoms with Gasteiger partial charge in [0.15, 0.2) is 0 Å². The molecular weight excluding hydrogens is 673 g/mol. The molecule has 0 N–H and O–H groups in total. The fourth-order valence-electron chi connectivity index (χ4n) is 6.42. The van der Waals surface area contributed by atoms with E-state index in [0.29, 0.717) is 42.2 Å². The van der Waals surface area contributed by atoms with Crippen molar-refractivity contribution in [1.82, 2.24) is 9.80 Å². The molecule has 254 valence electrons. The lowest BCUT2D eigenvalue weighted by Crippen LogP contribution is -2.60. The molecule has 3 aliphatic rings. The molecule has 1 fully saturated rings. The molecule has 1 aliphatic carbocycles. The Labute approximate surface area is 285 Å². The van der Waals surface area contributed by atoms with Gasteiger partial charge in [0.25, 0.3) is 5.91 Å². The minimum atomic E-state index is -4.63. The Morgan fingerprint density at radius 1 is 1.02 bits per heavy atom. The topological polar surface area (TPSA) is 71.4 Å². The van der Waals surface area contributed by atoms with E-state index in [1.54, 1.807) is 9.80 Å². The van der Waals surface area contributed by atoms with Crippen LogP contribution in [-0.2, 0) is 22.3 Å². The Bertz CT molecular complexity index is 1710. The fourth-order valence-corrected chi connectivity index (χ4v) is 6.89. The number of benzene rings is 3. The fraction of sp³-hybridized carbons (Fsp3) is 0.400. The predicted octanol–water partition coefficient (Wildman–Crippen LogP) is 7.72. The Kier molecular flexibility index (Phi) is 9.90. The number of likely N-dealkylation sites (tertiary alicyclic amines) is 1. The second-order valence-corrected chi connectivity index (χ2v) is 13.1. The van der Waals surface area contributed by atoms with Crippen LogP contribution in [0.3, 0.4) is 0 Å². The van der Waals surface area contributed by atoms with E-state index in [1.807, 2.05) is 24.3 Å². The highest BCUT2D eigenvalue weighted by Gasteiger charge is 2.46. The van der Waals surface area contributed by atoms with E-state index >= 15 is 0 Å². The number of nitrogens with zero attached hydrogens (tertiary/aromatic N) is 3. The lowest BCUT2D eigenvalue weighted by Gasteiger charge is -2.44. The molecule has 3 aromatic rings. The average molecular weight is 707 g/mol.